The van der Waals surface area contributed by atoms with Crippen LogP contribution in [0.4, 0.5) is 10.6 Å². The molecule has 0 aromatic carbocycles. The molecule has 2 fully saturated rings. The lowest BCUT2D eigenvalue weighted by Gasteiger charge is -2.44. The normalized spacial score (nSPS) is 23.8. The van der Waals surface area contributed by atoms with Gasteiger partial charge in [-0.25, -0.2) is 9.78 Å². The number of aromatic nitrogens is 3. The number of hydrogen-bond acceptors (Lipinski definition) is 6. The second kappa shape index (κ2) is 10.2. The highest BCUT2D eigenvalue weighted by atomic mass is 16.6. The highest BCUT2D eigenvalue weighted by Crippen LogP contribution is 2.43. The summed E-state index contributed by atoms with van der Waals surface area (Å²) in [5.74, 6) is 2.25. The molecule has 1 N–H and O–H groups in total. The van der Waals surface area contributed by atoms with Crippen molar-refractivity contribution in [3.05, 3.63) is 59.7 Å². The number of ether oxygens (including phenoxy) is 1. The molecule has 6 rings (SSSR count). The number of amides is 1. The van der Waals surface area contributed by atoms with Gasteiger partial charge in [0.05, 0.1) is 17.4 Å². The predicted molar refractivity (Wildman–Crippen MR) is 148 cm³/mol. The average molecular weight is 517 g/mol. The lowest BCUT2D eigenvalue weighted by molar-refractivity contribution is 0.0520. The zero-order chi connectivity index (χ0) is 26.3. The summed E-state index contributed by atoms with van der Waals surface area (Å²) in [5, 5.41) is 2.95. The number of anilines is 1. The highest BCUT2D eigenvalue weighted by Gasteiger charge is 2.37. The van der Waals surface area contributed by atoms with Gasteiger partial charge in [0.2, 0.25) is 0 Å². The number of imidazole rings is 1. The van der Waals surface area contributed by atoms with Crippen LogP contribution in [0.2, 0.25) is 0 Å². The van der Waals surface area contributed by atoms with Gasteiger partial charge >= 0.3 is 6.09 Å². The lowest BCUT2D eigenvalue weighted by atomic mass is 9.77. The van der Waals surface area contributed by atoms with E-state index < -0.39 is 5.60 Å². The number of hydrogen-bond donors (Lipinski definition) is 1. The molecule has 3 aromatic heterocycles. The summed E-state index contributed by atoms with van der Waals surface area (Å²) in [7, 11) is 0. The van der Waals surface area contributed by atoms with Crippen LogP contribution in [0.15, 0.2) is 42.7 Å². The van der Waals surface area contributed by atoms with Gasteiger partial charge in [0, 0.05) is 38.6 Å². The zero-order valence-corrected chi connectivity index (χ0v) is 22.9. The molecule has 0 saturated carbocycles. The molecule has 5 heterocycles. The van der Waals surface area contributed by atoms with E-state index in [0.717, 1.165) is 50.4 Å². The minimum atomic E-state index is -0.480. The van der Waals surface area contributed by atoms with Crippen LogP contribution in [0.1, 0.15) is 69.4 Å². The molecule has 3 aromatic rings. The summed E-state index contributed by atoms with van der Waals surface area (Å²) in [6.45, 7) is 10.1. The predicted octanol–water partition coefficient (Wildman–Crippen LogP) is 4.98. The van der Waals surface area contributed by atoms with Gasteiger partial charge in [0.1, 0.15) is 17.1 Å². The second-order valence-corrected chi connectivity index (χ2v) is 12.2. The van der Waals surface area contributed by atoms with Crippen molar-refractivity contribution in [3.8, 4) is 0 Å². The molecule has 38 heavy (non-hydrogen) atoms. The van der Waals surface area contributed by atoms with Crippen LogP contribution in [0, 0.1) is 11.8 Å². The Hall–Kier alpha value is -3.13. The summed E-state index contributed by atoms with van der Waals surface area (Å²) in [5.41, 5.74) is 4.33. The SMILES string of the molecule is CC(C)(C)OC(=O)NCC1CCN(c2cccc3nc(CN4CCC[C@H]5CCc6cccnc6[C@H]54)cn23)C1. The number of nitrogens with one attached hydrogen (secondary N) is 1. The lowest BCUT2D eigenvalue weighted by Crippen LogP contribution is -2.41. The Morgan fingerprint density at radius 3 is 2.89 bits per heavy atom. The van der Waals surface area contributed by atoms with E-state index in [1.165, 1.54) is 36.3 Å². The number of piperidine rings is 1. The number of aryl methyl sites for hydroxylation is 1. The molecule has 0 spiro atoms. The van der Waals surface area contributed by atoms with E-state index in [9.17, 15) is 4.79 Å². The third-order valence-electron chi connectivity index (χ3n) is 8.28. The number of alkyl carbamates (subject to hydrolysis) is 1. The van der Waals surface area contributed by atoms with E-state index in [2.05, 4.69) is 56.0 Å². The van der Waals surface area contributed by atoms with Gasteiger partial charge in [-0.15, -0.1) is 0 Å². The van der Waals surface area contributed by atoms with E-state index in [-0.39, 0.29) is 6.09 Å². The van der Waals surface area contributed by atoms with Crippen LogP contribution in [-0.2, 0) is 17.7 Å². The van der Waals surface area contributed by atoms with Crippen molar-refractivity contribution in [2.45, 2.75) is 71.1 Å². The van der Waals surface area contributed by atoms with Crippen molar-refractivity contribution in [2.75, 3.05) is 31.1 Å². The van der Waals surface area contributed by atoms with Gasteiger partial charge in [-0.3, -0.25) is 14.3 Å². The standard InChI is InChI=1S/C30H40N6O2/c1-30(2,3)38-29(37)32-17-21-13-16-34(18-21)26-10-4-9-25-33-24(20-36(25)26)19-35-15-6-8-23-12-11-22-7-5-14-31-27(22)28(23)35/h4-5,7,9-10,14,20-21,23,28H,6,8,11-13,15-19H2,1-3H3,(H,32,37)/t21?,23-,28-/m0/s1. The molecule has 202 valence electrons. The van der Waals surface area contributed by atoms with Crippen LogP contribution in [0.25, 0.3) is 5.65 Å². The number of rotatable bonds is 5. The first-order chi connectivity index (χ1) is 18.3. The minimum absolute atomic E-state index is 0.340. The topological polar surface area (TPSA) is 75.0 Å². The van der Waals surface area contributed by atoms with Crippen molar-refractivity contribution in [2.24, 2.45) is 11.8 Å². The third-order valence-corrected chi connectivity index (χ3v) is 8.28. The largest absolute Gasteiger partial charge is 0.444 e. The Balaban J connectivity index is 1.15. The van der Waals surface area contributed by atoms with Crippen LogP contribution < -0.4 is 10.2 Å². The molecule has 3 aliphatic rings. The zero-order valence-electron chi connectivity index (χ0n) is 22.9. The van der Waals surface area contributed by atoms with Gasteiger partial charge < -0.3 is 15.0 Å². The van der Waals surface area contributed by atoms with E-state index in [0.29, 0.717) is 24.4 Å². The van der Waals surface area contributed by atoms with Crippen molar-refractivity contribution in [1.29, 1.82) is 0 Å². The first-order valence-corrected chi connectivity index (χ1v) is 14.2. The summed E-state index contributed by atoms with van der Waals surface area (Å²) in [6.07, 6.45) is 9.83. The molecule has 0 radical (unpaired) electrons. The maximum Gasteiger partial charge on any atom is 0.407 e. The van der Waals surface area contributed by atoms with Crippen molar-refractivity contribution < 1.29 is 9.53 Å². The Bertz CT molecular complexity index is 1300. The van der Waals surface area contributed by atoms with Gasteiger partial charge in [-0.2, -0.15) is 0 Å². The first-order valence-electron chi connectivity index (χ1n) is 14.2. The monoisotopic (exact) mass is 516 g/mol. The summed E-state index contributed by atoms with van der Waals surface area (Å²) < 4.78 is 7.64. The Morgan fingerprint density at radius 1 is 1.13 bits per heavy atom. The summed E-state index contributed by atoms with van der Waals surface area (Å²) in [6, 6.07) is 11.1. The molecule has 1 unspecified atom stereocenters. The first kappa shape index (κ1) is 25.2. The third kappa shape index (κ3) is 5.23. The van der Waals surface area contributed by atoms with Gasteiger partial charge in [-0.05, 0) is 95.0 Å². The smallest absolute Gasteiger partial charge is 0.407 e. The number of nitrogens with zero attached hydrogens (tertiary/aromatic N) is 5. The van der Waals surface area contributed by atoms with E-state index >= 15 is 0 Å². The van der Waals surface area contributed by atoms with Crippen LogP contribution in [0.5, 0.6) is 0 Å². The van der Waals surface area contributed by atoms with E-state index in [4.69, 9.17) is 14.7 Å². The fraction of sp³-hybridized carbons (Fsp3) is 0.567. The fourth-order valence-electron chi connectivity index (χ4n) is 6.63. The number of likely N-dealkylation sites (tertiary alicyclic amines) is 1. The van der Waals surface area contributed by atoms with Crippen molar-refractivity contribution >= 4 is 17.6 Å². The van der Waals surface area contributed by atoms with Gasteiger partial charge in [0.25, 0.3) is 0 Å². The quantitative estimate of drug-likeness (QED) is 0.516. The van der Waals surface area contributed by atoms with Crippen molar-refractivity contribution in [1.82, 2.24) is 24.6 Å². The van der Waals surface area contributed by atoms with Crippen LogP contribution in [-0.4, -0.2) is 57.1 Å². The highest BCUT2D eigenvalue weighted by molar-refractivity contribution is 5.67. The minimum Gasteiger partial charge on any atom is -0.444 e. The molecule has 8 heteroatoms. The average Bonchev–Trinajstić information content (AvgIpc) is 3.53. The molecule has 2 aliphatic heterocycles. The Morgan fingerprint density at radius 2 is 2.03 bits per heavy atom. The van der Waals surface area contributed by atoms with E-state index in [1.54, 1.807) is 0 Å². The molecule has 2 saturated heterocycles. The summed E-state index contributed by atoms with van der Waals surface area (Å²) in [4.78, 5) is 27.0. The van der Waals surface area contributed by atoms with Gasteiger partial charge in [0.15, 0.2) is 0 Å². The number of carbonyl (C=O) groups is 1. The molecule has 1 amide bonds. The molecular weight excluding hydrogens is 476 g/mol. The van der Waals surface area contributed by atoms with Gasteiger partial charge in [-0.1, -0.05) is 12.1 Å². The second-order valence-electron chi connectivity index (χ2n) is 12.2. The molecule has 1 aliphatic carbocycles. The molecule has 3 atom stereocenters. The molecule has 0 bridgehead atoms. The number of fused-ring (bicyclic) bond motifs is 4. The van der Waals surface area contributed by atoms with Crippen LogP contribution >= 0.6 is 0 Å². The fourth-order valence-corrected chi connectivity index (χ4v) is 6.63. The molecular formula is C30H40N6O2. The molecule has 8 nitrogen and oxygen atoms in total. The summed E-state index contributed by atoms with van der Waals surface area (Å²) >= 11 is 0. The van der Waals surface area contributed by atoms with Crippen LogP contribution in [0.3, 0.4) is 0 Å². The maximum absolute atomic E-state index is 12.1. The maximum atomic E-state index is 12.1. The van der Waals surface area contributed by atoms with E-state index in [1.807, 2.05) is 27.0 Å². The Kier molecular flexibility index (Phi) is 6.76. The Labute approximate surface area is 225 Å². The van der Waals surface area contributed by atoms with Crippen molar-refractivity contribution in [3.63, 3.8) is 0 Å². The number of carbonyl (C=O) groups excluding carboxylic acids is 1. The number of pyridine rings is 2.